The van der Waals surface area contributed by atoms with E-state index >= 15 is 0 Å². The van der Waals surface area contributed by atoms with Gasteiger partial charge in [-0.05, 0) is 47.6 Å². The zero-order valence-electron chi connectivity index (χ0n) is 12.8. The first-order valence-corrected chi connectivity index (χ1v) is 7.39. The second-order valence-corrected chi connectivity index (χ2v) is 5.15. The third-order valence-corrected chi connectivity index (χ3v) is 3.46. The molecule has 2 rings (SSSR count). The average molecular weight is 316 g/mol. The second kappa shape index (κ2) is 8.24. The molecule has 2 aromatic rings. The van der Waals surface area contributed by atoms with E-state index in [-0.39, 0.29) is 0 Å². The van der Waals surface area contributed by atoms with Gasteiger partial charge in [-0.25, -0.2) is 0 Å². The summed E-state index contributed by atoms with van der Waals surface area (Å²) in [6.07, 6.45) is 0. The molecule has 2 aromatic carbocycles. The van der Waals surface area contributed by atoms with Crippen LogP contribution in [0.2, 0.25) is 0 Å². The van der Waals surface area contributed by atoms with Crippen molar-refractivity contribution in [2.75, 3.05) is 14.2 Å². The van der Waals surface area contributed by atoms with Crippen LogP contribution in [-0.2, 0) is 13.1 Å². The molecule has 116 valence electrons. The highest BCUT2D eigenvalue weighted by atomic mass is 32.1. The maximum atomic E-state index is 5.29. The highest BCUT2D eigenvalue weighted by Crippen LogP contribution is 2.13. The fourth-order valence-corrected chi connectivity index (χ4v) is 2.14. The van der Waals surface area contributed by atoms with Crippen LogP contribution in [0.15, 0.2) is 48.5 Å². The summed E-state index contributed by atoms with van der Waals surface area (Å²) < 4.78 is 10.4. The van der Waals surface area contributed by atoms with Gasteiger partial charge in [0, 0.05) is 13.1 Å². The molecular weight excluding hydrogens is 296 g/mol. The molecule has 0 radical (unpaired) electrons. The van der Waals surface area contributed by atoms with Crippen LogP contribution in [0.4, 0.5) is 0 Å². The van der Waals surface area contributed by atoms with Crippen LogP contribution in [0.3, 0.4) is 0 Å². The van der Waals surface area contributed by atoms with Crippen LogP contribution in [0.25, 0.3) is 0 Å². The molecule has 4 nitrogen and oxygen atoms in total. The van der Waals surface area contributed by atoms with Crippen molar-refractivity contribution in [1.29, 1.82) is 0 Å². The maximum absolute atomic E-state index is 5.29. The van der Waals surface area contributed by atoms with Crippen LogP contribution >= 0.6 is 12.2 Å². The summed E-state index contributed by atoms with van der Waals surface area (Å²) in [5, 5.41) is 6.98. The first-order chi connectivity index (χ1) is 10.7. The molecule has 0 heterocycles. The third-order valence-electron chi connectivity index (χ3n) is 3.17. The Bertz CT molecular complexity index is 578. The van der Waals surface area contributed by atoms with E-state index in [1.165, 1.54) is 0 Å². The van der Waals surface area contributed by atoms with Crippen LogP contribution in [0, 0.1) is 0 Å². The van der Waals surface area contributed by atoms with Crippen molar-refractivity contribution < 1.29 is 9.47 Å². The SMILES string of the molecule is COc1cccc(CNC(=S)NCc2cccc(OC)c2)c1. The molecule has 0 aliphatic heterocycles. The van der Waals surface area contributed by atoms with Crippen LogP contribution in [0.5, 0.6) is 11.5 Å². The lowest BCUT2D eigenvalue weighted by molar-refractivity contribution is 0.414. The van der Waals surface area contributed by atoms with E-state index in [9.17, 15) is 0 Å². The van der Waals surface area contributed by atoms with E-state index in [1.807, 2.05) is 48.5 Å². The molecule has 2 N–H and O–H groups in total. The van der Waals surface area contributed by atoms with Crippen molar-refractivity contribution in [3.63, 3.8) is 0 Å². The number of methoxy groups -OCH3 is 2. The fourth-order valence-electron chi connectivity index (χ4n) is 1.99. The van der Waals surface area contributed by atoms with Crippen molar-refractivity contribution in [2.24, 2.45) is 0 Å². The second-order valence-electron chi connectivity index (χ2n) is 4.74. The van der Waals surface area contributed by atoms with Crippen molar-refractivity contribution in [1.82, 2.24) is 10.6 Å². The summed E-state index contributed by atoms with van der Waals surface area (Å²) >= 11 is 5.29. The Morgan fingerprint density at radius 1 is 0.864 bits per heavy atom. The molecule has 0 fully saturated rings. The normalized spacial score (nSPS) is 9.91. The van der Waals surface area contributed by atoms with Crippen molar-refractivity contribution >= 4 is 17.3 Å². The lowest BCUT2D eigenvalue weighted by atomic mass is 10.2. The minimum atomic E-state index is 0.616. The fraction of sp³-hybridized carbons (Fsp3) is 0.235. The maximum Gasteiger partial charge on any atom is 0.166 e. The molecule has 22 heavy (non-hydrogen) atoms. The number of nitrogens with one attached hydrogen (secondary N) is 2. The standard InChI is InChI=1S/C17H20N2O2S/c1-20-15-7-3-5-13(9-15)11-18-17(22)19-12-14-6-4-8-16(10-14)21-2/h3-10H,11-12H2,1-2H3,(H2,18,19,22). The van der Waals surface area contributed by atoms with E-state index in [1.54, 1.807) is 14.2 Å². The molecule has 0 aromatic heterocycles. The lowest BCUT2D eigenvalue weighted by Crippen LogP contribution is -2.34. The molecule has 0 bridgehead atoms. The van der Waals surface area contributed by atoms with Gasteiger partial charge in [-0.2, -0.15) is 0 Å². The summed E-state index contributed by atoms with van der Waals surface area (Å²) in [5.74, 6) is 1.68. The van der Waals surface area contributed by atoms with Crippen molar-refractivity contribution in [3.8, 4) is 11.5 Å². The molecule has 0 spiro atoms. The summed E-state index contributed by atoms with van der Waals surface area (Å²) in [7, 11) is 3.32. The molecule has 0 saturated carbocycles. The number of thiocarbonyl (C=S) groups is 1. The molecule has 0 aliphatic rings. The molecular formula is C17H20N2O2S. The quantitative estimate of drug-likeness (QED) is 0.802. The first-order valence-electron chi connectivity index (χ1n) is 6.99. The van der Waals surface area contributed by atoms with E-state index in [2.05, 4.69) is 10.6 Å². The van der Waals surface area contributed by atoms with E-state index in [0.717, 1.165) is 22.6 Å². The van der Waals surface area contributed by atoms with Gasteiger partial charge in [-0.15, -0.1) is 0 Å². The Morgan fingerprint density at radius 2 is 1.32 bits per heavy atom. The minimum Gasteiger partial charge on any atom is -0.497 e. The van der Waals surface area contributed by atoms with E-state index in [4.69, 9.17) is 21.7 Å². The molecule has 0 atom stereocenters. The zero-order chi connectivity index (χ0) is 15.8. The number of hydrogen-bond donors (Lipinski definition) is 2. The largest absolute Gasteiger partial charge is 0.497 e. The molecule has 0 aliphatic carbocycles. The van der Waals surface area contributed by atoms with Gasteiger partial charge in [0.2, 0.25) is 0 Å². The molecule has 0 amide bonds. The van der Waals surface area contributed by atoms with Crippen LogP contribution in [-0.4, -0.2) is 19.3 Å². The van der Waals surface area contributed by atoms with Gasteiger partial charge < -0.3 is 20.1 Å². The summed E-state index contributed by atoms with van der Waals surface area (Å²) in [4.78, 5) is 0. The van der Waals surface area contributed by atoms with Crippen LogP contribution < -0.4 is 20.1 Å². The van der Waals surface area contributed by atoms with E-state index < -0.39 is 0 Å². The summed E-state index contributed by atoms with van der Waals surface area (Å²) in [6.45, 7) is 1.31. The number of hydrogen-bond acceptors (Lipinski definition) is 3. The average Bonchev–Trinajstić information content (AvgIpc) is 2.58. The number of ether oxygens (including phenoxy) is 2. The molecule has 0 unspecified atom stereocenters. The number of rotatable bonds is 6. The van der Waals surface area contributed by atoms with Crippen molar-refractivity contribution in [3.05, 3.63) is 59.7 Å². The van der Waals surface area contributed by atoms with Gasteiger partial charge in [0.1, 0.15) is 11.5 Å². The predicted molar refractivity (Wildman–Crippen MR) is 92.3 cm³/mol. The van der Waals surface area contributed by atoms with Gasteiger partial charge in [-0.3, -0.25) is 0 Å². The van der Waals surface area contributed by atoms with Crippen molar-refractivity contribution in [2.45, 2.75) is 13.1 Å². The number of benzene rings is 2. The van der Waals surface area contributed by atoms with E-state index in [0.29, 0.717) is 18.2 Å². The Balaban J connectivity index is 1.80. The smallest absolute Gasteiger partial charge is 0.166 e. The molecule has 5 heteroatoms. The van der Waals surface area contributed by atoms with Gasteiger partial charge in [0.25, 0.3) is 0 Å². The first kappa shape index (κ1) is 16.1. The topological polar surface area (TPSA) is 42.5 Å². The Morgan fingerprint density at radius 3 is 1.73 bits per heavy atom. The summed E-state index contributed by atoms with van der Waals surface area (Å²) in [5.41, 5.74) is 2.23. The highest BCUT2D eigenvalue weighted by Gasteiger charge is 2.00. The Labute approximate surface area is 136 Å². The van der Waals surface area contributed by atoms with Gasteiger partial charge in [-0.1, -0.05) is 24.3 Å². The van der Waals surface area contributed by atoms with Gasteiger partial charge >= 0.3 is 0 Å². The monoisotopic (exact) mass is 316 g/mol. The Hall–Kier alpha value is -2.27. The predicted octanol–water partition coefficient (Wildman–Crippen LogP) is 2.87. The Kier molecular flexibility index (Phi) is 6.03. The molecule has 0 saturated heterocycles. The van der Waals surface area contributed by atoms with Crippen LogP contribution in [0.1, 0.15) is 11.1 Å². The highest BCUT2D eigenvalue weighted by molar-refractivity contribution is 7.80. The third kappa shape index (κ3) is 4.93. The summed E-state index contributed by atoms with van der Waals surface area (Å²) in [6, 6.07) is 15.8. The van der Waals surface area contributed by atoms with Gasteiger partial charge in [0.05, 0.1) is 14.2 Å². The minimum absolute atomic E-state index is 0.616. The zero-order valence-corrected chi connectivity index (χ0v) is 13.6. The van der Waals surface area contributed by atoms with Gasteiger partial charge in [0.15, 0.2) is 5.11 Å². The lowest BCUT2D eigenvalue weighted by Gasteiger charge is -2.11.